The first kappa shape index (κ1) is 18.7. The molecule has 0 saturated heterocycles. The third-order valence-corrected chi connectivity index (χ3v) is 4.99. The number of rotatable bonds is 4. The molecule has 3 rings (SSSR count). The Hall–Kier alpha value is -2.12. The highest BCUT2D eigenvalue weighted by atomic mass is 19.4. The van der Waals surface area contributed by atoms with E-state index in [2.05, 4.69) is 15.1 Å². The van der Waals surface area contributed by atoms with E-state index >= 15 is 0 Å². The lowest BCUT2D eigenvalue weighted by Gasteiger charge is -2.31. The number of nitrogens with zero attached hydrogens (tertiary/aromatic N) is 5. The highest BCUT2D eigenvalue weighted by Gasteiger charge is 2.35. The van der Waals surface area contributed by atoms with Gasteiger partial charge in [-0.3, -0.25) is 4.68 Å². The summed E-state index contributed by atoms with van der Waals surface area (Å²) in [7, 11) is 1.79. The quantitative estimate of drug-likeness (QED) is 0.801. The van der Waals surface area contributed by atoms with E-state index in [0.29, 0.717) is 17.8 Å². The van der Waals surface area contributed by atoms with Crippen LogP contribution in [0.2, 0.25) is 0 Å². The van der Waals surface area contributed by atoms with Crippen LogP contribution in [0.1, 0.15) is 50.4 Å². The molecule has 0 atom stereocenters. The molecule has 8 heteroatoms. The first-order valence-electron chi connectivity index (χ1n) is 9.03. The normalized spacial score (nSPS) is 16.1. The molecule has 1 fully saturated rings. The van der Waals surface area contributed by atoms with Gasteiger partial charge in [0.15, 0.2) is 5.69 Å². The summed E-state index contributed by atoms with van der Waals surface area (Å²) in [5.74, 6) is 0.130. The van der Waals surface area contributed by atoms with Crippen LogP contribution in [0.3, 0.4) is 0 Å². The molecule has 5 nitrogen and oxygen atoms in total. The molecule has 0 aromatic carbocycles. The highest BCUT2D eigenvalue weighted by molar-refractivity contribution is 5.63. The largest absolute Gasteiger partial charge is 0.433 e. The van der Waals surface area contributed by atoms with Crippen LogP contribution in [-0.2, 0) is 12.7 Å². The van der Waals surface area contributed by atoms with Gasteiger partial charge in [0.25, 0.3) is 0 Å². The molecule has 0 aliphatic heterocycles. The Kier molecular flexibility index (Phi) is 5.20. The molecule has 1 aliphatic carbocycles. The maximum atomic E-state index is 13.4. The van der Waals surface area contributed by atoms with Gasteiger partial charge in [-0.2, -0.15) is 18.3 Å². The fourth-order valence-electron chi connectivity index (χ4n) is 3.44. The van der Waals surface area contributed by atoms with Gasteiger partial charge in [-0.15, -0.1) is 0 Å². The second-order valence-corrected chi connectivity index (χ2v) is 6.82. The molecule has 2 aromatic rings. The Morgan fingerprint density at radius 1 is 1.19 bits per heavy atom. The molecular weight excluding hydrogens is 343 g/mol. The molecular formula is C18H24F3N5. The van der Waals surface area contributed by atoms with Gasteiger partial charge in [0.2, 0.25) is 5.95 Å². The molecule has 26 heavy (non-hydrogen) atoms. The molecule has 1 saturated carbocycles. The van der Waals surface area contributed by atoms with Crippen molar-refractivity contribution in [3.63, 3.8) is 0 Å². The van der Waals surface area contributed by atoms with Crippen molar-refractivity contribution >= 4 is 5.95 Å². The maximum absolute atomic E-state index is 13.4. The molecule has 142 valence electrons. The van der Waals surface area contributed by atoms with E-state index in [-0.39, 0.29) is 17.7 Å². The fourth-order valence-corrected chi connectivity index (χ4v) is 3.44. The molecule has 0 amide bonds. The maximum Gasteiger partial charge on any atom is 0.433 e. The third-order valence-electron chi connectivity index (χ3n) is 4.99. The molecule has 0 radical (unpaired) electrons. The monoisotopic (exact) mass is 367 g/mol. The van der Waals surface area contributed by atoms with E-state index in [4.69, 9.17) is 0 Å². The van der Waals surface area contributed by atoms with E-state index in [0.717, 1.165) is 31.7 Å². The minimum absolute atomic E-state index is 0.130. The van der Waals surface area contributed by atoms with Gasteiger partial charge in [0.05, 0.1) is 11.4 Å². The van der Waals surface area contributed by atoms with E-state index < -0.39 is 11.9 Å². The van der Waals surface area contributed by atoms with Crippen molar-refractivity contribution in [3.05, 3.63) is 23.7 Å². The zero-order chi connectivity index (χ0) is 18.9. The van der Waals surface area contributed by atoms with Crippen LogP contribution in [0, 0.1) is 6.92 Å². The average Bonchev–Trinajstić information content (AvgIpc) is 3.01. The Balaban J connectivity index is 2.05. The third kappa shape index (κ3) is 3.83. The topological polar surface area (TPSA) is 46.8 Å². The SMILES string of the molecule is CCn1cc(-c2cc(C(F)(F)F)nc(N(C)C3CCCCC3)n2)c(C)n1. The van der Waals surface area contributed by atoms with Crippen LogP contribution in [0.5, 0.6) is 0 Å². The number of hydrogen-bond acceptors (Lipinski definition) is 4. The van der Waals surface area contributed by atoms with Gasteiger partial charge in [0.1, 0.15) is 0 Å². The van der Waals surface area contributed by atoms with Gasteiger partial charge < -0.3 is 4.90 Å². The van der Waals surface area contributed by atoms with Crippen LogP contribution in [0.4, 0.5) is 19.1 Å². The molecule has 0 bridgehead atoms. The first-order valence-corrected chi connectivity index (χ1v) is 9.03. The summed E-state index contributed by atoms with van der Waals surface area (Å²) in [6.07, 6.45) is 2.48. The lowest BCUT2D eigenvalue weighted by Crippen LogP contribution is -2.35. The minimum atomic E-state index is -4.52. The lowest BCUT2D eigenvalue weighted by molar-refractivity contribution is -0.141. The van der Waals surface area contributed by atoms with E-state index in [1.165, 1.54) is 6.42 Å². The predicted molar refractivity (Wildman–Crippen MR) is 93.9 cm³/mol. The summed E-state index contributed by atoms with van der Waals surface area (Å²) in [5.41, 5.74) is 0.619. The molecule has 1 aliphatic rings. The number of halogens is 3. The molecule has 2 heterocycles. The Morgan fingerprint density at radius 3 is 2.46 bits per heavy atom. The highest BCUT2D eigenvalue weighted by Crippen LogP contribution is 2.33. The van der Waals surface area contributed by atoms with Gasteiger partial charge in [-0.05, 0) is 32.8 Å². The summed E-state index contributed by atoms with van der Waals surface area (Å²) >= 11 is 0. The summed E-state index contributed by atoms with van der Waals surface area (Å²) < 4.78 is 41.9. The van der Waals surface area contributed by atoms with Crippen LogP contribution in [0.25, 0.3) is 11.3 Å². The second-order valence-electron chi connectivity index (χ2n) is 6.82. The van der Waals surface area contributed by atoms with Crippen molar-refractivity contribution in [1.29, 1.82) is 0 Å². The van der Waals surface area contributed by atoms with Crippen LogP contribution in [-0.4, -0.2) is 32.8 Å². The van der Waals surface area contributed by atoms with Crippen molar-refractivity contribution in [2.24, 2.45) is 0 Å². The minimum Gasteiger partial charge on any atom is -0.341 e. The fraction of sp³-hybridized carbons (Fsp3) is 0.611. The van der Waals surface area contributed by atoms with Crippen molar-refractivity contribution in [2.75, 3.05) is 11.9 Å². The molecule has 0 N–H and O–H groups in total. The standard InChI is InChI=1S/C18H24F3N5/c1-4-26-11-14(12(2)24-26)15-10-16(18(19,20)21)23-17(22-15)25(3)13-8-6-5-7-9-13/h10-11,13H,4-9H2,1-3H3. The lowest BCUT2D eigenvalue weighted by atomic mass is 9.95. The number of aryl methyl sites for hydroxylation is 2. The average molecular weight is 367 g/mol. The number of aromatic nitrogens is 4. The van der Waals surface area contributed by atoms with Gasteiger partial charge in [-0.25, -0.2) is 9.97 Å². The van der Waals surface area contributed by atoms with E-state index in [1.807, 2.05) is 6.92 Å². The Morgan fingerprint density at radius 2 is 1.88 bits per heavy atom. The van der Waals surface area contributed by atoms with Gasteiger partial charge in [0, 0.05) is 31.4 Å². The Labute approximate surface area is 151 Å². The van der Waals surface area contributed by atoms with Crippen LogP contribution in [0.15, 0.2) is 12.3 Å². The van der Waals surface area contributed by atoms with E-state index in [9.17, 15) is 13.2 Å². The predicted octanol–water partition coefficient (Wildman–Crippen LogP) is 4.46. The summed E-state index contributed by atoms with van der Waals surface area (Å²) in [4.78, 5) is 10.1. The van der Waals surface area contributed by atoms with Crippen molar-refractivity contribution in [1.82, 2.24) is 19.7 Å². The summed E-state index contributed by atoms with van der Waals surface area (Å²) in [6.45, 7) is 4.36. The molecule has 2 aromatic heterocycles. The number of anilines is 1. The van der Waals surface area contributed by atoms with Crippen molar-refractivity contribution < 1.29 is 13.2 Å². The number of alkyl halides is 3. The van der Waals surface area contributed by atoms with Crippen LogP contribution < -0.4 is 4.90 Å². The Bertz CT molecular complexity index is 763. The summed E-state index contributed by atoms with van der Waals surface area (Å²) in [6, 6.07) is 1.20. The zero-order valence-electron chi connectivity index (χ0n) is 15.3. The van der Waals surface area contributed by atoms with Crippen molar-refractivity contribution in [2.45, 2.75) is 64.7 Å². The summed E-state index contributed by atoms with van der Waals surface area (Å²) in [5, 5.41) is 4.32. The second kappa shape index (κ2) is 7.25. The van der Waals surface area contributed by atoms with Gasteiger partial charge in [-0.1, -0.05) is 19.3 Å². The molecule has 0 unspecified atom stereocenters. The van der Waals surface area contributed by atoms with Crippen LogP contribution >= 0.6 is 0 Å². The van der Waals surface area contributed by atoms with Crippen molar-refractivity contribution in [3.8, 4) is 11.3 Å². The zero-order valence-corrected chi connectivity index (χ0v) is 15.3. The number of hydrogen-bond donors (Lipinski definition) is 0. The van der Waals surface area contributed by atoms with E-state index in [1.54, 1.807) is 29.7 Å². The smallest absolute Gasteiger partial charge is 0.341 e. The molecule has 0 spiro atoms. The van der Waals surface area contributed by atoms with Gasteiger partial charge >= 0.3 is 6.18 Å². The first-order chi connectivity index (χ1) is 12.3.